The fourth-order valence-electron chi connectivity index (χ4n) is 16.5. The minimum atomic E-state index is -0.923. The number of benzene rings is 3. The van der Waals surface area contributed by atoms with Crippen molar-refractivity contribution in [1.29, 1.82) is 0 Å². The molecule has 7 aliphatic carbocycles. The number of aliphatic hydroxyl groups is 3. The number of allylic oxidation sites excluding steroid dienone is 3. The number of fused-ring (bicyclic) bond motifs is 8. The zero-order chi connectivity index (χ0) is 52.8. The molecule has 11 nitrogen and oxygen atoms in total. The summed E-state index contributed by atoms with van der Waals surface area (Å²) in [5.41, 5.74) is 13.8. The van der Waals surface area contributed by atoms with Gasteiger partial charge in [0.25, 0.3) is 0 Å². The number of hydrogen-bond acceptors (Lipinski definition) is 11. The Bertz CT molecular complexity index is 2860. The van der Waals surface area contributed by atoms with Gasteiger partial charge in [-0.2, -0.15) is 0 Å². The van der Waals surface area contributed by atoms with E-state index in [0.717, 1.165) is 119 Å². The van der Waals surface area contributed by atoms with E-state index in [4.69, 9.17) is 20.2 Å². The molecule has 0 amide bonds. The van der Waals surface area contributed by atoms with Crippen molar-refractivity contribution in [2.45, 2.75) is 171 Å². The zero-order valence-electron chi connectivity index (χ0n) is 44.9. The minimum absolute atomic E-state index is 0.0599. The number of ether oxygens (including phenoxy) is 2. The zero-order valence-corrected chi connectivity index (χ0v) is 44.9. The molecule has 8 aliphatic rings. The minimum Gasteiger partial charge on any atom is -0.508 e. The molecule has 0 aromatic heterocycles. The lowest BCUT2D eigenvalue weighted by molar-refractivity contribution is -0.114. The number of carbonyl (C=O) groups excluding carboxylic acids is 1. The SMILES string of the molecule is COC1CCC23CC(C)CC4C2=CC2(CO)CC(CC#Cc5c(CCC(=O)C=C(CO)C6CCC=CC6CO)cc(OC6CCCC6)c(O)c5C3C12)N=C(N)NC1(CCCCC1)c1cccc(c1)Cc1cc(O)cc4c1. The molecule has 0 saturated heterocycles. The summed E-state index contributed by atoms with van der Waals surface area (Å²) < 4.78 is 13.6. The number of aliphatic hydroxyl groups excluding tert-OH is 3. The van der Waals surface area contributed by atoms with Crippen LogP contribution >= 0.6 is 0 Å². The van der Waals surface area contributed by atoms with Gasteiger partial charge in [0.1, 0.15) is 5.75 Å². The maximum Gasteiger partial charge on any atom is 0.189 e. The van der Waals surface area contributed by atoms with Crippen molar-refractivity contribution in [3.63, 3.8) is 0 Å². The maximum atomic E-state index is 14.3. The van der Waals surface area contributed by atoms with Crippen LogP contribution in [0.15, 0.2) is 89.0 Å². The summed E-state index contributed by atoms with van der Waals surface area (Å²) in [5.74, 6) is 7.31. The van der Waals surface area contributed by atoms with E-state index in [-0.39, 0.29) is 85.3 Å². The Balaban J connectivity index is 1.14. The molecule has 11 rings (SSSR count). The number of aromatic hydroxyl groups is 2. The fourth-order valence-corrected chi connectivity index (χ4v) is 16.5. The number of nitrogens with zero attached hydrogens (tertiary/aromatic N) is 1. The predicted octanol–water partition coefficient (Wildman–Crippen LogP) is 10.2. The molecule has 0 radical (unpaired) electrons. The summed E-state index contributed by atoms with van der Waals surface area (Å²) in [6.45, 7) is 1.81. The van der Waals surface area contributed by atoms with Gasteiger partial charge in [0.2, 0.25) is 0 Å². The smallest absolute Gasteiger partial charge is 0.189 e. The number of nitrogens with two attached hydrogens (primary N) is 1. The summed E-state index contributed by atoms with van der Waals surface area (Å²) >= 11 is 0. The molecular weight excluding hydrogens is 951 g/mol. The highest BCUT2D eigenvalue weighted by Gasteiger charge is 2.65. The van der Waals surface area contributed by atoms with Gasteiger partial charge in [0, 0.05) is 66.8 Å². The maximum absolute atomic E-state index is 14.3. The Morgan fingerprint density at radius 3 is 2.57 bits per heavy atom. The van der Waals surface area contributed by atoms with Gasteiger partial charge in [-0.1, -0.05) is 92.2 Å². The number of nitrogens with one attached hydrogen (secondary N) is 1. The van der Waals surface area contributed by atoms with E-state index < -0.39 is 28.3 Å². The standard InChI is InChI=1S/C65H81N3O8/c1-40-26-54-45-28-42(30-50(73)31-45)27-41-12-10-14-47(29-41)65(23-8-3-9-24-65)68-62(66)67-48-15-11-19-53-43(20-21-49(72)32-46(38-70)52-18-7-4-13-44(52)37-69)33-57(76-51-16-5-6-17-51)61(74)58(53)60-59-56(75-2)22-25-64(60,34-40)55(54)36-63(59,35-48)39-71/h4,10,12-14,28-33,36,40,44,48,51-52,54,56,59-60,69-71,73-74H,3,5-9,15-18,20-27,34-35,37-39H2,1-2H3,(H3,66,67,68). The second-order valence-electron chi connectivity index (χ2n) is 24.5. The Kier molecular flexibility index (Phi) is 15.1. The van der Waals surface area contributed by atoms with Gasteiger partial charge >= 0.3 is 0 Å². The summed E-state index contributed by atoms with van der Waals surface area (Å²) in [7, 11) is 1.78. The molecule has 4 fully saturated rings. The van der Waals surface area contributed by atoms with E-state index in [1.165, 1.54) is 11.1 Å². The number of aryl methyl sites for hydroxylation is 1. The fraction of sp³-hybridized carbons (Fsp3) is 0.569. The van der Waals surface area contributed by atoms with Crippen molar-refractivity contribution in [2.24, 2.45) is 45.2 Å². The Hall–Kier alpha value is -5.38. The monoisotopic (exact) mass is 1030 g/mol. The molecular formula is C65H81N3O8. The van der Waals surface area contributed by atoms with Crippen LogP contribution in [-0.2, 0) is 27.9 Å². The number of methoxy groups -OCH3 is 1. The summed E-state index contributed by atoms with van der Waals surface area (Å²) in [6.07, 6.45) is 23.1. The van der Waals surface area contributed by atoms with Crippen molar-refractivity contribution in [1.82, 2.24) is 5.32 Å². The first-order chi connectivity index (χ1) is 36.9. The number of phenols is 2. The second-order valence-corrected chi connectivity index (χ2v) is 24.5. The van der Waals surface area contributed by atoms with Crippen LogP contribution in [0, 0.1) is 46.3 Å². The van der Waals surface area contributed by atoms with Crippen LogP contribution in [-0.4, -0.2) is 82.5 Å². The number of guanidine groups is 1. The molecule has 2 spiro atoms. The molecule has 3 aromatic rings. The number of carbonyl (C=O) groups is 1. The lowest BCUT2D eigenvalue weighted by atomic mass is 9.40. The van der Waals surface area contributed by atoms with Gasteiger partial charge in [-0.25, -0.2) is 4.99 Å². The average molecular weight is 1030 g/mol. The molecule has 4 saturated carbocycles. The Morgan fingerprint density at radius 2 is 1.79 bits per heavy atom. The Morgan fingerprint density at radius 1 is 0.961 bits per heavy atom. The van der Waals surface area contributed by atoms with Gasteiger partial charge in [-0.3, -0.25) is 4.79 Å². The van der Waals surface area contributed by atoms with Crippen molar-refractivity contribution in [3.8, 4) is 29.1 Å². The van der Waals surface area contributed by atoms with E-state index in [9.17, 15) is 30.3 Å². The lowest BCUT2D eigenvalue weighted by Gasteiger charge is -2.64. The summed E-state index contributed by atoms with van der Waals surface area (Å²) in [5, 5.41) is 62.4. The second kappa shape index (κ2) is 21.8. The van der Waals surface area contributed by atoms with E-state index in [1.54, 1.807) is 13.2 Å². The van der Waals surface area contributed by atoms with Crippen LogP contribution in [0.2, 0.25) is 0 Å². The molecule has 404 valence electrons. The normalized spacial score (nSPS) is 31.8. The summed E-state index contributed by atoms with van der Waals surface area (Å²) in [6, 6.07) is 16.5. The third-order valence-corrected chi connectivity index (χ3v) is 19.8. The van der Waals surface area contributed by atoms with Gasteiger partial charge < -0.3 is 46.1 Å². The van der Waals surface area contributed by atoms with Gasteiger partial charge in [-0.05, 0) is 171 Å². The first-order valence-electron chi connectivity index (χ1n) is 28.9. The molecule has 1 aliphatic heterocycles. The van der Waals surface area contributed by atoms with E-state index in [0.29, 0.717) is 54.1 Å². The van der Waals surface area contributed by atoms with Crippen LogP contribution in [0.4, 0.5) is 0 Å². The average Bonchev–Trinajstić information content (AvgIpc) is 4.02. The molecule has 1 heterocycles. The number of phenolic OH excluding ortho intramolecular Hbond substituents is 2. The van der Waals surface area contributed by atoms with Crippen LogP contribution in [0.1, 0.15) is 173 Å². The predicted molar refractivity (Wildman–Crippen MR) is 296 cm³/mol. The van der Waals surface area contributed by atoms with Gasteiger partial charge in [-0.15, -0.1) is 0 Å². The lowest BCUT2D eigenvalue weighted by Crippen LogP contribution is -2.59. The Labute approximate surface area is 450 Å². The molecule has 10 bridgehead atoms. The number of aliphatic imine (C=N–C) groups is 1. The van der Waals surface area contributed by atoms with Crippen LogP contribution < -0.4 is 15.8 Å². The third kappa shape index (κ3) is 9.83. The third-order valence-electron chi connectivity index (χ3n) is 19.8. The summed E-state index contributed by atoms with van der Waals surface area (Å²) in [4.78, 5) is 19.7. The number of ketones is 1. The van der Waals surface area contributed by atoms with Crippen LogP contribution in [0.5, 0.6) is 17.2 Å². The van der Waals surface area contributed by atoms with Gasteiger partial charge in [0.05, 0.1) is 37.0 Å². The molecule has 10 unspecified atom stereocenters. The highest BCUT2D eigenvalue weighted by atomic mass is 16.5. The van der Waals surface area contributed by atoms with Gasteiger partial charge in [0.15, 0.2) is 23.2 Å². The first-order valence-corrected chi connectivity index (χ1v) is 28.9. The number of rotatable bonds is 11. The van der Waals surface area contributed by atoms with Crippen molar-refractivity contribution in [3.05, 3.63) is 123 Å². The molecule has 3 aromatic carbocycles. The van der Waals surface area contributed by atoms with E-state index in [2.05, 4.69) is 66.6 Å². The van der Waals surface area contributed by atoms with E-state index in [1.807, 2.05) is 24.3 Å². The van der Waals surface area contributed by atoms with Crippen molar-refractivity contribution < 1.29 is 39.8 Å². The molecule has 8 N–H and O–H groups in total. The molecule has 10 atom stereocenters. The quantitative estimate of drug-likeness (QED) is 0.0554. The largest absolute Gasteiger partial charge is 0.508 e. The van der Waals surface area contributed by atoms with E-state index >= 15 is 0 Å². The highest BCUT2D eigenvalue weighted by molar-refractivity contribution is 5.90. The van der Waals surface area contributed by atoms with Crippen molar-refractivity contribution in [2.75, 3.05) is 26.9 Å². The molecule has 76 heavy (non-hydrogen) atoms. The van der Waals surface area contributed by atoms with Crippen LogP contribution in [0.25, 0.3) is 0 Å². The number of hydrogen-bond donors (Lipinski definition) is 7. The molecule has 11 heteroatoms. The highest BCUT2D eigenvalue weighted by Crippen LogP contribution is 2.72. The van der Waals surface area contributed by atoms with Crippen molar-refractivity contribution >= 4 is 11.7 Å². The topological polar surface area (TPSA) is 187 Å². The first kappa shape index (κ1) is 52.7. The van der Waals surface area contributed by atoms with Crippen LogP contribution in [0.3, 0.4) is 0 Å².